The quantitative estimate of drug-likeness (QED) is 0.797. The molecule has 0 unspecified atom stereocenters. The third-order valence-electron chi connectivity index (χ3n) is 4.61. The molecule has 2 aromatic rings. The van der Waals surface area contributed by atoms with Crippen LogP contribution in [0.25, 0.3) is 11.1 Å². The number of hydrogen-bond acceptors (Lipinski definition) is 3. The minimum absolute atomic E-state index is 0.359. The average molecular weight is 387 g/mol. The van der Waals surface area contributed by atoms with E-state index in [0.717, 1.165) is 16.7 Å². The number of rotatable bonds is 3. The fourth-order valence-electron chi connectivity index (χ4n) is 3.27. The van der Waals surface area contributed by atoms with Gasteiger partial charge in [-0.2, -0.15) is 0 Å². The molecule has 0 atom stereocenters. The molecule has 1 aliphatic rings. The molecule has 1 aliphatic heterocycles. The van der Waals surface area contributed by atoms with Gasteiger partial charge in [-0.1, -0.05) is 54.9 Å². The highest BCUT2D eigenvalue weighted by Gasteiger charge is 2.32. The molecule has 0 aliphatic carbocycles. The van der Waals surface area contributed by atoms with Crippen molar-refractivity contribution in [2.45, 2.75) is 19.3 Å². The first-order chi connectivity index (χ1) is 13.1. The summed E-state index contributed by atoms with van der Waals surface area (Å²) in [7, 11) is 0. The van der Waals surface area contributed by atoms with E-state index in [1.54, 1.807) is 0 Å². The van der Waals surface area contributed by atoms with Crippen LogP contribution in [0, 0.1) is 0 Å². The first-order valence-corrected chi connectivity index (χ1v) is 9.50. The van der Waals surface area contributed by atoms with E-state index >= 15 is 0 Å². The number of carbonyl (C=O) groups is 2. The minimum atomic E-state index is -0.977. The first kappa shape index (κ1) is 19.4. The van der Waals surface area contributed by atoms with Crippen molar-refractivity contribution >= 4 is 23.4 Å². The van der Waals surface area contributed by atoms with Gasteiger partial charge in [0.15, 0.2) is 0 Å². The lowest BCUT2D eigenvalue weighted by atomic mass is 9.88. The van der Waals surface area contributed by atoms with E-state index in [2.05, 4.69) is 10.6 Å². The second-order valence-corrected chi connectivity index (χ2v) is 6.79. The summed E-state index contributed by atoms with van der Waals surface area (Å²) in [6.45, 7) is 3.55. The van der Waals surface area contributed by atoms with E-state index in [9.17, 15) is 9.59 Å². The van der Waals surface area contributed by atoms with Crippen molar-refractivity contribution in [3.05, 3.63) is 58.6 Å². The summed E-state index contributed by atoms with van der Waals surface area (Å²) in [5.74, 6) is -1.69. The second kappa shape index (κ2) is 9.02. The second-order valence-electron chi connectivity index (χ2n) is 6.38. The molecule has 1 fully saturated rings. The van der Waals surface area contributed by atoms with Gasteiger partial charge in [-0.15, -0.1) is 0 Å². The Labute approximate surface area is 164 Å². The monoisotopic (exact) mass is 386 g/mol. The van der Waals surface area contributed by atoms with Gasteiger partial charge in [-0.05, 0) is 34.7 Å². The van der Waals surface area contributed by atoms with Crippen LogP contribution in [0.3, 0.4) is 0 Å². The van der Waals surface area contributed by atoms with Gasteiger partial charge in [-0.25, -0.2) is 0 Å². The van der Waals surface area contributed by atoms with Crippen molar-refractivity contribution in [2.75, 3.05) is 26.3 Å². The lowest BCUT2D eigenvalue weighted by Gasteiger charge is -2.23. The molecule has 5 nitrogen and oxygen atoms in total. The number of benzene rings is 2. The lowest BCUT2D eigenvalue weighted by molar-refractivity contribution is -0.132. The van der Waals surface area contributed by atoms with Gasteiger partial charge in [0.1, 0.15) is 5.92 Å². The molecule has 6 heteroatoms. The van der Waals surface area contributed by atoms with Crippen molar-refractivity contribution in [3.8, 4) is 11.1 Å². The van der Waals surface area contributed by atoms with Crippen LogP contribution in [0.15, 0.2) is 42.5 Å². The molecule has 0 radical (unpaired) electrons. The Morgan fingerprint density at radius 3 is 2.22 bits per heavy atom. The van der Waals surface area contributed by atoms with E-state index < -0.39 is 5.92 Å². The number of nitrogens with one attached hydrogen (secondary N) is 2. The normalized spacial score (nSPS) is 16.5. The van der Waals surface area contributed by atoms with E-state index in [-0.39, 0.29) is 11.8 Å². The van der Waals surface area contributed by atoms with Crippen molar-refractivity contribution in [2.24, 2.45) is 0 Å². The summed E-state index contributed by atoms with van der Waals surface area (Å²) in [5.41, 5.74) is 3.48. The summed E-state index contributed by atoms with van der Waals surface area (Å²) in [6.07, 6.45) is 0.663. The lowest BCUT2D eigenvalue weighted by Crippen LogP contribution is -2.43. The van der Waals surface area contributed by atoms with Crippen LogP contribution in [-0.2, 0) is 20.7 Å². The number of ether oxygens (including phenoxy) is 1. The molecule has 142 valence electrons. The third-order valence-corrected chi connectivity index (χ3v) is 4.92. The van der Waals surface area contributed by atoms with Crippen LogP contribution in [0.1, 0.15) is 24.0 Å². The number of hydrogen-bond donors (Lipinski definition) is 2. The Balaban J connectivity index is 2.04. The van der Waals surface area contributed by atoms with Crippen molar-refractivity contribution in [1.29, 1.82) is 0 Å². The fourth-order valence-corrected chi connectivity index (χ4v) is 3.62. The van der Waals surface area contributed by atoms with Crippen molar-refractivity contribution in [3.63, 3.8) is 0 Å². The van der Waals surface area contributed by atoms with Crippen LogP contribution in [0.2, 0.25) is 5.02 Å². The summed E-state index contributed by atoms with van der Waals surface area (Å²) < 4.78 is 5.33. The number of carbonyl (C=O) groups excluding carboxylic acids is 2. The number of amides is 2. The topological polar surface area (TPSA) is 67.4 Å². The zero-order valence-corrected chi connectivity index (χ0v) is 16.0. The molecule has 3 rings (SSSR count). The van der Waals surface area contributed by atoms with E-state index in [1.165, 1.54) is 0 Å². The summed E-state index contributed by atoms with van der Waals surface area (Å²) in [5, 5.41) is 5.97. The van der Waals surface area contributed by atoms with Gasteiger partial charge in [0.25, 0.3) is 0 Å². The van der Waals surface area contributed by atoms with Crippen LogP contribution >= 0.6 is 11.6 Å². The molecule has 2 N–H and O–H groups in total. The molecule has 2 aromatic carbocycles. The van der Waals surface area contributed by atoms with E-state index in [1.807, 2.05) is 49.4 Å². The molecular weight excluding hydrogens is 364 g/mol. The molecule has 27 heavy (non-hydrogen) atoms. The van der Waals surface area contributed by atoms with Gasteiger partial charge >= 0.3 is 0 Å². The Kier molecular flexibility index (Phi) is 6.48. The standard InChI is InChI=1S/C21H23ClN2O3/c1-2-14-12-16(15-6-4-3-5-7-15)13-17(22)18(14)19-20(25)23-8-10-27-11-9-24-21(19)26/h3-7,12-13,19H,2,8-11H2,1H3,(H,23,25)(H,24,26). The van der Waals surface area contributed by atoms with Gasteiger partial charge < -0.3 is 15.4 Å². The average Bonchev–Trinajstić information content (AvgIpc) is 2.68. The molecule has 2 amide bonds. The molecule has 1 saturated heterocycles. The maximum absolute atomic E-state index is 12.7. The molecule has 0 spiro atoms. The van der Waals surface area contributed by atoms with E-state index in [0.29, 0.717) is 43.3 Å². The van der Waals surface area contributed by atoms with Gasteiger partial charge in [0.05, 0.1) is 13.2 Å². The van der Waals surface area contributed by atoms with Crippen LogP contribution in [0.4, 0.5) is 0 Å². The Hall–Kier alpha value is -2.37. The predicted molar refractivity (Wildman–Crippen MR) is 106 cm³/mol. The van der Waals surface area contributed by atoms with Crippen LogP contribution < -0.4 is 10.6 Å². The number of aryl methyl sites for hydroxylation is 1. The number of halogens is 1. The Bertz CT molecular complexity index is 804. The largest absolute Gasteiger partial charge is 0.378 e. The molecular formula is C21H23ClN2O3. The smallest absolute Gasteiger partial charge is 0.237 e. The maximum Gasteiger partial charge on any atom is 0.237 e. The SMILES string of the molecule is CCc1cc(-c2ccccc2)cc(Cl)c1C1C(=O)NCCOCCNC1=O. The van der Waals surface area contributed by atoms with Gasteiger partial charge in [0, 0.05) is 18.1 Å². The Morgan fingerprint density at radius 2 is 1.63 bits per heavy atom. The first-order valence-electron chi connectivity index (χ1n) is 9.12. The Morgan fingerprint density at radius 1 is 1.00 bits per heavy atom. The fraction of sp³-hybridized carbons (Fsp3) is 0.333. The molecule has 0 aromatic heterocycles. The predicted octanol–water partition coefficient (Wildman–Crippen LogP) is 2.92. The maximum atomic E-state index is 12.7. The molecule has 0 saturated carbocycles. The summed E-state index contributed by atoms with van der Waals surface area (Å²) in [6, 6.07) is 13.7. The van der Waals surface area contributed by atoms with Crippen molar-refractivity contribution in [1.82, 2.24) is 10.6 Å². The zero-order chi connectivity index (χ0) is 19.2. The highest BCUT2D eigenvalue weighted by Crippen LogP contribution is 2.34. The van der Waals surface area contributed by atoms with Crippen LogP contribution in [0.5, 0.6) is 0 Å². The summed E-state index contributed by atoms with van der Waals surface area (Å²) >= 11 is 6.61. The highest BCUT2D eigenvalue weighted by atomic mass is 35.5. The minimum Gasteiger partial charge on any atom is -0.378 e. The molecule has 1 heterocycles. The third kappa shape index (κ3) is 4.49. The zero-order valence-electron chi connectivity index (χ0n) is 15.3. The van der Waals surface area contributed by atoms with Gasteiger partial charge in [0.2, 0.25) is 11.8 Å². The van der Waals surface area contributed by atoms with Crippen molar-refractivity contribution < 1.29 is 14.3 Å². The van der Waals surface area contributed by atoms with Gasteiger partial charge in [-0.3, -0.25) is 9.59 Å². The van der Waals surface area contributed by atoms with E-state index in [4.69, 9.17) is 16.3 Å². The highest BCUT2D eigenvalue weighted by molar-refractivity contribution is 6.32. The molecule has 0 bridgehead atoms. The van der Waals surface area contributed by atoms with Crippen LogP contribution in [-0.4, -0.2) is 38.1 Å². The summed E-state index contributed by atoms with van der Waals surface area (Å²) in [4.78, 5) is 25.5.